The summed E-state index contributed by atoms with van der Waals surface area (Å²) in [6.07, 6.45) is 0. The van der Waals surface area contributed by atoms with Crippen LogP contribution in [0.25, 0.3) is 0 Å². The number of benzene rings is 1. The Hall–Kier alpha value is -1.43. The summed E-state index contributed by atoms with van der Waals surface area (Å²) in [4.78, 5) is 21.7. The third kappa shape index (κ3) is 2.57. The number of nitrogens with zero attached hydrogens (tertiary/aromatic N) is 1. The van der Waals surface area contributed by atoms with Crippen molar-refractivity contribution in [1.29, 1.82) is 0 Å². The number of aryl methyl sites for hydroxylation is 1. The summed E-state index contributed by atoms with van der Waals surface area (Å²) >= 11 is 3.18. The van der Waals surface area contributed by atoms with Gasteiger partial charge < -0.3 is 4.74 Å². The van der Waals surface area contributed by atoms with E-state index in [2.05, 4.69) is 15.9 Å². The molecule has 1 aromatic carbocycles. The van der Waals surface area contributed by atoms with Gasteiger partial charge in [0.15, 0.2) is 0 Å². The third-order valence-corrected chi connectivity index (χ3v) is 2.82. The second-order valence-electron chi connectivity index (χ2n) is 3.10. The normalized spacial score (nSPS) is 9.94. The molecule has 0 spiro atoms. The van der Waals surface area contributed by atoms with Crippen LogP contribution in [0.1, 0.15) is 22.8 Å². The number of carbonyl (C=O) groups is 1. The van der Waals surface area contributed by atoms with E-state index in [1.165, 1.54) is 12.1 Å². The van der Waals surface area contributed by atoms with Gasteiger partial charge in [-0.25, -0.2) is 4.79 Å². The van der Waals surface area contributed by atoms with Crippen LogP contribution in [0.15, 0.2) is 16.6 Å². The Kier molecular flexibility index (Phi) is 4.00. The fourth-order valence-corrected chi connectivity index (χ4v) is 1.53. The molecule has 1 aromatic rings. The first-order valence-corrected chi connectivity index (χ1v) is 5.38. The summed E-state index contributed by atoms with van der Waals surface area (Å²) in [7, 11) is 0. The molecule has 16 heavy (non-hydrogen) atoms. The Morgan fingerprint density at radius 1 is 1.56 bits per heavy atom. The third-order valence-electron chi connectivity index (χ3n) is 1.97. The molecule has 0 bridgehead atoms. The first kappa shape index (κ1) is 12.6. The number of hydrogen-bond acceptors (Lipinski definition) is 4. The van der Waals surface area contributed by atoms with Crippen molar-refractivity contribution in [1.82, 2.24) is 0 Å². The van der Waals surface area contributed by atoms with E-state index in [1.54, 1.807) is 13.8 Å². The van der Waals surface area contributed by atoms with Crippen molar-refractivity contribution < 1.29 is 14.5 Å². The van der Waals surface area contributed by atoms with Crippen LogP contribution in [0.2, 0.25) is 0 Å². The number of nitro groups is 1. The van der Waals surface area contributed by atoms with Crippen LogP contribution in [0.3, 0.4) is 0 Å². The van der Waals surface area contributed by atoms with Crippen molar-refractivity contribution in [3.8, 4) is 0 Å². The Balaban J connectivity index is 3.30. The molecular formula is C10H10BrNO4. The lowest BCUT2D eigenvalue weighted by Crippen LogP contribution is -2.08. The van der Waals surface area contributed by atoms with E-state index in [4.69, 9.17) is 4.74 Å². The Labute approximate surface area is 101 Å². The number of halogens is 1. The van der Waals surface area contributed by atoms with Crippen molar-refractivity contribution in [2.45, 2.75) is 13.8 Å². The van der Waals surface area contributed by atoms with E-state index in [-0.39, 0.29) is 17.9 Å². The average molecular weight is 288 g/mol. The molecule has 0 fully saturated rings. The van der Waals surface area contributed by atoms with Crippen LogP contribution < -0.4 is 0 Å². The largest absolute Gasteiger partial charge is 0.462 e. The molecule has 0 aromatic heterocycles. The smallest absolute Gasteiger partial charge is 0.345 e. The van der Waals surface area contributed by atoms with Crippen molar-refractivity contribution in [3.63, 3.8) is 0 Å². The zero-order valence-electron chi connectivity index (χ0n) is 8.82. The first-order chi connectivity index (χ1) is 7.47. The molecule has 6 heteroatoms. The molecular weight excluding hydrogens is 278 g/mol. The molecule has 0 aliphatic rings. The Morgan fingerprint density at radius 2 is 2.19 bits per heavy atom. The topological polar surface area (TPSA) is 69.4 Å². The predicted octanol–water partition coefficient (Wildman–Crippen LogP) is 2.84. The van der Waals surface area contributed by atoms with Crippen LogP contribution in [0.4, 0.5) is 5.69 Å². The van der Waals surface area contributed by atoms with Gasteiger partial charge in [0.1, 0.15) is 5.56 Å². The molecule has 86 valence electrons. The minimum atomic E-state index is -0.676. The fraction of sp³-hybridized carbons (Fsp3) is 0.300. The molecule has 5 nitrogen and oxygen atoms in total. The SMILES string of the molecule is CCOC(=O)c1cc(C)c(Br)cc1[N+](=O)[O-]. The van der Waals surface area contributed by atoms with Gasteiger partial charge in [-0.15, -0.1) is 0 Å². The highest BCUT2D eigenvalue weighted by molar-refractivity contribution is 9.10. The maximum absolute atomic E-state index is 11.5. The zero-order valence-corrected chi connectivity index (χ0v) is 10.4. The van der Waals surface area contributed by atoms with Gasteiger partial charge in [0.2, 0.25) is 0 Å². The number of esters is 1. The van der Waals surface area contributed by atoms with Crippen molar-refractivity contribution >= 4 is 27.6 Å². The maximum atomic E-state index is 11.5. The van der Waals surface area contributed by atoms with Gasteiger partial charge in [0, 0.05) is 10.5 Å². The van der Waals surface area contributed by atoms with E-state index in [0.29, 0.717) is 4.47 Å². The molecule has 0 heterocycles. The number of rotatable bonds is 3. The lowest BCUT2D eigenvalue weighted by atomic mass is 10.1. The molecule has 0 saturated heterocycles. The summed E-state index contributed by atoms with van der Waals surface area (Å²) in [6, 6.07) is 2.75. The van der Waals surface area contributed by atoms with Gasteiger partial charge in [0.05, 0.1) is 11.5 Å². The number of ether oxygens (including phenoxy) is 1. The summed E-state index contributed by atoms with van der Waals surface area (Å²) in [5.41, 5.74) is 0.470. The highest BCUT2D eigenvalue weighted by atomic mass is 79.9. The number of nitro benzene ring substituents is 1. The summed E-state index contributed by atoms with van der Waals surface area (Å²) in [5.74, 6) is -0.676. The molecule has 0 aliphatic heterocycles. The van der Waals surface area contributed by atoms with Crippen LogP contribution >= 0.6 is 15.9 Å². The van der Waals surface area contributed by atoms with E-state index >= 15 is 0 Å². The fourth-order valence-electron chi connectivity index (χ4n) is 1.19. The van der Waals surface area contributed by atoms with Crippen molar-refractivity contribution in [2.24, 2.45) is 0 Å². The molecule has 0 saturated carbocycles. The highest BCUT2D eigenvalue weighted by Crippen LogP contribution is 2.27. The number of carbonyl (C=O) groups excluding carboxylic acids is 1. The standard InChI is InChI=1S/C10H10BrNO4/c1-3-16-10(13)7-4-6(2)8(11)5-9(7)12(14)15/h4-5H,3H2,1-2H3. The molecule has 0 aliphatic carbocycles. The molecule has 0 unspecified atom stereocenters. The molecule has 0 atom stereocenters. The highest BCUT2D eigenvalue weighted by Gasteiger charge is 2.22. The monoisotopic (exact) mass is 287 g/mol. The van der Waals surface area contributed by atoms with Gasteiger partial charge in [-0.05, 0) is 25.5 Å². The second kappa shape index (κ2) is 5.07. The summed E-state index contributed by atoms with van der Waals surface area (Å²) in [5, 5.41) is 10.8. The van der Waals surface area contributed by atoms with Crippen LogP contribution in [-0.4, -0.2) is 17.5 Å². The van der Waals surface area contributed by atoms with Crippen LogP contribution in [-0.2, 0) is 4.74 Å². The molecule has 0 amide bonds. The van der Waals surface area contributed by atoms with Crippen molar-refractivity contribution in [3.05, 3.63) is 37.8 Å². The van der Waals surface area contributed by atoms with Gasteiger partial charge in [-0.2, -0.15) is 0 Å². The predicted molar refractivity (Wildman–Crippen MR) is 61.5 cm³/mol. The Bertz CT molecular complexity index is 445. The number of hydrogen-bond donors (Lipinski definition) is 0. The quantitative estimate of drug-likeness (QED) is 0.487. The van der Waals surface area contributed by atoms with Gasteiger partial charge in [-0.1, -0.05) is 15.9 Å². The second-order valence-corrected chi connectivity index (χ2v) is 3.95. The minimum absolute atomic E-state index is 0.0208. The maximum Gasteiger partial charge on any atom is 0.345 e. The van der Waals surface area contributed by atoms with E-state index < -0.39 is 10.9 Å². The van der Waals surface area contributed by atoms with Crippen LogP contribution in [0, 0.1) is 17.0 Å². The van der Waals surface area contributed by atoms with Gasteiger partial charge >= 0.3 is 5.97 Å². The molecule has 1 rings (SSSR count). The summed E-state index contributed by atoms with van der Waals surface area (Å²) in [6.45, 7) is 3.58. The first-order valence-electron chi connectivity index (χ1n) is 4.59. The minimum Gasteiger partial charge on any atom is -0.462 e. The zero-order chi connectivity index (χ0) is 12.3. The average Bonchev–Trinajstić information content (AvgIpc) is 2.21. The lowest BCUT2D eigenvalue weighted by molar-refractivity contribution is -0.385. The summed E-state index contributed by atoms with van der Waals surface area (Å²) < 4.78 is 5.34. The Morgan fingerprint density at radius 3 is 2.69 bits per heavy atom. The van der Waals surface area contributed by atoms with Crippen molar-refractivity contribution in [2.75, 3.05) is 6.61 Å². The van der Waals surface area contributed by atoms with Crippen LogP contribution in [0.5, 0.6) is 0 Å². The van der Waals surface area contributed by atoms with E-state index in [9.17, 15) is 14.9 Å². The van der Waals surface area contributed by atoms with E-state index in [0.717, 1.165) is 5.56 Å². The lowest BCUT2D eigenvalue weighted by Gasteiger charge is -2.05. The molecule has 0 radical (unpaired) electrons. The van der Waals surface area contributed by atoms with E-state index in [1.807, 2.05) is 0 Å². The molecule has 0 N–H and O–H groups in total. The van der Waals surface area contributed by atoms with Gasteiger partial charge in [0.25, 0.3) is 5.69 Å². The van der Waals surface area contributed by atoms with Gasteiger partial charge in [-0.3, -0.25) is 10.1 Å².